The molecule has 1 saturated heterocycles. The third-order valence-electron chi connectivity index (χ3n) is 4.18. The molecular formula is C15H13F3N2O4. The maximum absolute atomic E-state index is 13.5. The molecule has 128 valence electrons. The van der Waals surface area contributed by atoms with Crippen LogP contribution in [0.5, 0.6) is 0 Å². The first kappa shape index (κ1) is 16.2. The highest BCUT2D eigenvalue weighted by Crippen LogP contribution is 2.39. The Morgan fingerprint density at radius 1 is 1.25 bits per heavy atom. The fraction of sp³-hybridized carbons (Fsp3) is 0.333. The van der Waals surface area contributed by atoms with Crippen LogP contribution in [0.15, 0.2) is 27.5 Å². The van der Waals surface area contributed by atoms with Gasteiger partial charge < -0.3 is 14.5 Å². The van der Waals surface area contributed by atoms with Gasteiger partial charge in [0.05, 0.1) is 6.04 Å². The lowest BCUT2D eigenvalue weighted by molar-refractivity contribution is 0.0965. The molecule has 0 saturated carbocycles. The van der Waals surface area contributed by atoms with Gasteiger partial charge in [-0.05, 0) is 30.5 Å². The second kappa shape index (κ2) is 6.06. The topological polar surface area (TPSA) is 86.5 Å². The molecule has 2 heterocycles. The zero-order valence-electron chi connectivity index (χ0n) is 12.3. The Bertz CT molecular complexity index is 809. The van der Waals surface area contributed by atoms with Crippen LogP contribution in [0.1, 0.15) is 36.1 Å². The van der Waals surface area contributed by atoms with E-state index in [1.807, 2.05) is 0 Å². The minimum atomic E-state index is -1.61. The number of benzene rings is 1. The van der Waals surface area contributed by atoms with Crippen LogP contribution in [0.25, 0.3) is 0 Å². The number of rotatable bonds is 2. The van der Waals surface area contributed by atoms with Crippen molar-refractivity contribution in [3.8, 4) is 0 Å². The molecule has 24 heavy (non-hydrogen) atoms. The molecule has 0 radical (unpaired) electrons. The van der Waals surface area contributed by atoms with Crippen molar-refractivity contribution in [1.29, 1.82) is 0 Å². The number of hydrogen-bond donors (Lipinski definition) is 2. The molecule has 2 N–H and O–H groups in total. The molecule has 2 aromatic rings. The molecule has 6 nitrogen and oxygen atoms in total. The van der Waals surface area contributed by atoms with Gasteiger partial charge in [-0.1, -0.05) is 0 Å². The number of aromatic amines is 1. The van der Waals surface area contributed by atoms with Crippen molar-refractivity contribution in [2.75, 3.05) is 6.54 Å². The zero-order valence-corrected chi connectivity index (χ0v) is 12.3. The summed E-state index contributed by atoms with van der Waals surface area (Å²) in [4.78, 5) is 23.6. The molecule has 0 bridgehead atoms. The summed E-state index contributed by atoms with van der Waals surface area (Å²) in [5.74, 6) is -4.33. The molecule has 2 atom stereocenters. The van der Waals surface area contributed by atoms with Crippen molar-refractivity contribution in [1.82, 2.24) is 10.1 Å². The summed E-state index contributed by atoms with van der Waals surface area (Å²) in [7, 11) is 0. The summed E-state index contributed by atoms with van der Waals surface area (Å²) in [6.07, 6.45) is -0.716. The largest absolute Gasteiger partial charge is 0.465 e. The number of piperidine rings is 1. The van der Waals surface area contributed by atoms with Gasteiger partial charge in [-0.15, -0.1) is 0 Å². The van der Waals surface area contributed by atoms with E-state index in [1.54, 1.807) is 0 Å². The van der Waals surface area contributed by atoms with E-state index < -0.39 is 35.1 Å². The number of carboxylic acid groups (broad SMARTS) is 1. The van der Waals surface area contributed by atoms with Crippen molar-refractivity contribution < 1.29 is 27.6 Å². The number of hydrogen-bond acceptors (Lipinski definition) is 3. The number of H-pyrrole nitrogens is 1. The smallest absolute Gasteiger partial charge is 0.407 e. The fourth-order valence-corrected chi connectivity index (χ4v) is 3.03. The van der Waals surface area contributed by atoms with Gasteiger partial charge in [-0.25, -0.2) is 18.0 Å². The second-order valence-electron chi connectivity index (χ2n) is 5.63. The number of halogens is 3. The average molecular weight is 342 g/mol. The highest BCUT2D eigenvalue weighted by atomic mass is 19.2. The van der Waals surface area contributed by atoms with Crippen LogP contribution in [-0.4, -0.2) is 27.8 Å². The van der Waals surface area contributed by atoms with E-state index in [0.29, 0.717) is 12.2 Å². The Morgan fingerprint density at radius 3 is 2.46 bits per heavy atom. The highest BCUT2D eigenvalue weighted by Gasteiger charge is 2.35. The fourth-order valence-electron chi connectivity index (χ4n) is 3.03. The number of amides is 1. The Morgan fingerprint density at radius 2 is 1.92 bits per heavy atom. The highest BCUT2D eigenvalue weighted by molar-refractivity contribution is 5.66. The molecule has 0 aliphatic carbocycles. The number of nitrogens with one attached hydrogen (secondary N) is 1. The molecule has 1 fully saturated rings. The third kappa shape index (κ3) is 2.89. The number of carbonyl (C=O) groups is 1. The Labute approximate surface area is 133 Å². The normalized spacial score (nSPS) is 21.0. The molecule has 3 rings (SSSR count). The van der Waals surface area contributed by atoms with Crippen LogP contribution in [0, 0.1) is 17.5 Å². The predicted molar refractivity (Wildman–Crippen MR) is 75.1 cm³/mol. The first-order chi connectivity index (χ1) is 11.4. The Hall–Kier alpha value is -2.71. The quantitative estimate of drug-likeness (QED) is 0.822. The second-order valence-corrected chi connectivity index (χ2v) is 5.63. The molecule has 1 aromatic carbocycles. The van der Waals surface area contributed by atoms with Crippen LogP contribution < -0.4 is 5.56 Å². The number of aromatic nitrogens is 1. The first-order valence-electron chi connectivity index (χ1n) is 7.19. The van der Waals surface area contributed by atoms with E-state index in [0.717, 1.165) is 17.0 Å². The van der Waals surface area contributed by atoms with Gasteiger partial charge in [-0.3, -0.25) is 4.79 Å². The van der Waals surface area contributed by atoms with Gasteiger partial charge in [0.15, 0.2) is 17.5 Å². The molecule has 1 aromatic heterocycles. The Balaban J connectivity index is 1.96. The molecule has 1 aliphatic rings. The average Bonchev–Trinajstić information content (AvgIpc) is 2.98. The lowest BCUT2D eigenvalue weighted by Gasteiger charge is -2.37. The van der Waals surface area contributed by atoms with E-state index in [2.05, 4.69) is 5.16 Å². The molecule has 0 spiro atoms. The maximum Gasteiger partial charge on any atom is 0.407 e. The van der Waals surface area contributed by atoms with E-state index >= 15 is 0 Å². The standard InChI is InChI=1S/C15H13F3N2O4/c16-9-3-8(4-10(17)14(9)18)11-5-7(1-2-20(11)15(22)23)12-6-13(21)19-24-12/h3-4,6-7,11H,1-2,5H2,(H,19,21)(H,22,23)/t7-,11+/m0/s1. The van der Waals surface area contributed by atoms with Gasteiger partial charge in [-0.2, -0.15) is 5.16 Å². The summed E-state index contributed by atoms with van der Waals surface area (Å²) in [6.45, 7) is 0.0835. The zero-order chi connectivity index (χ0) is 17.4. The van der Waals surface area contributed by atoms with Crippen molar-refractivity contribution in [2.24, 2.45) is 0 Å². The molecule has 0 unspecified atom stereocenters. The van der Waals surface area contributed by atoms with Gasteiger partial charge >= 0.3 is 6.09 Å². The van der Waals surface area contributed by atoms with Crippen LogP contribution in [0.3, 0.4) is 0 Å². The van der Waals surface area contributed by atoms with Gasteiger partial charge in [0.2, 0.25) is 0 Å². The van der Waals surface area contributed by atoms with Crippen LogP contribution >= 0.6 is 0 Å². The summed E-state index contributed by atoms with van der Waals surface area (Å²) < 4.78 is 45.2. The minimum Gasteiger partial charge on any atom is -0.465 e. The predicted octanol–water partition coefficient (Wildman–Crippen LogP) is 2.98. The third-order valence-corrected chi connectivity index (χ3v) is 4.18. The van der Waals surface area contributed by atoms with Gasteiger partial charge in [0, 0.05) is 18.5 Å². The SMILES string of the molecule is O=C(O)N1CC[C@H](c2cc(=O)[nH]o2)C[C@@H]1c1cc(F)c(F)c(F)c1. The summed E-state index contributed by atoms with van der Waals surface area (Å²) in [5, 5.41) is 11.5. The van der Waals surface area contributed by atoms with Gasteiger partial charge in [0.25, 0.3) is 5.56 Å². The van der Waals surface area contributed by atoms with Crippen LogP contribution in [0.4, 0.5) is 18.0 Å². The Kier molecular flexibility index (Phi) is 4.08. The number of likely N-dealkylation sites (tertiary alicyclic amines) is 1. The molecular weight excluding hydrogens is 329 g/mol. The lowest BCUT2D eigenvalue weighted by atomic mass is 9.86. The summed E-state index contributed by atoms with van der Waals surface area (Å²) >= 11 is 0. The first-order valence-corrected chi connectivity index (χ1v) is 7.19. The summed E-state index contributed by atoms with van der Waals surface area (Å²) in [6, 6.07) is 1.94. The van der Waals surface area contributed by atoms with Crippen LogP contribution in [0.2, 0.25) is 0 Å². The van der Waals surface area contributed by atoms with E-state index in [-0.39, 0.29) is 24.4 Å². The van der Waals surface area contributed by atoms with Crippen molar-refractivity contribution in [3.05, 3.63) is 57.3 Å². The van der Waals surface area contributed by atoms with Gasteiger partial charge in [0.1, 0.15) is 5.76 Å². The molecule has 1 aliphatic heterocycles. The van der Waals surface area contributed by atoms with Crippen LogP contribution in [-0.2, 0) is 0 Å². The lowest BCUT2D eigenvalue weighted by Crippen LogP contribution is -2.39. The maximum atomic E-state index is 13.5. The van der Waals surface area contributed by atoms with E-state index in [9.17, 15) is 27.9 Å². The molecule has 1 amide bonds. The van der Waals surface area contributed by atoms with E-state index in [4.69, 9.17) is 4.52 Å². The van der Waals surface area contributed by atoms with Crippen molar-refractivity contribution in [3.63, 3.8) is 0 Å². The minimum absolute atomic E-state index is 0.0105. The van der Waals surface area contributed by atoms with Crippen molar-refractivity contribution >= 4 is 6.09 Å². The number of nitrogens with zero attached hydrogens (tertiary/aromatic N) is 1. The monoisotopic (exact) mass is 342 g/mol. The summed E-state index contributed by atoms with van der Waals surface area (Å²) in [5.41, 5.74) is -0.419. The van der Waals surface area contributed by atoms with Crippen molar-refractivity contribution in [2.45, 2.75) is 24.8 Å². The van der Waals surface area contributed by atoms with E-state index in [1.165, 1.54) is 6.07 Å². The molecule has 9 heteroatoms.